The lowest BCUT2D eigenvalue weighted by Crippen LogP contribution is -2.50. The molecule has 1 N–H and O–H groups in total. The van der Waals surface area contributed by atoms with Crippen LogP contribution in [-0.4, -0.2) is 47.7 Å². The Labute approximate surface area is 165 Å². The van der Waals surface area contributed by atoms with Crippen molar-refractivity contribution >= 4 is 17.5 Å². The van der Waals surface area contributed by atoms with Crippen molar-refractivity contribution in [2.45, 2.75) is 46.6 Å². The number of rotatable bonds is 5. The predicted octanol–water partition coefficient (Wildman–Crippen LogP) is 2.71. The lowest BCUT2D eigenvalue weighted by molar-refractivity contribution is -0.140. The number of anilines is 1. The lowest BCUT2D eigenvalue weighted by Gasteiger charge is -2.35. The Morgan fingerprint density at radius 2 is 1.89 bits per heavy atom. The van der Waals surface area contributed by atoms with E-state index < -0.39 is 0 Å². The number of benzene rings is 1. The molecule has 7 nitrogen and oxygen atoms in total. The summed E-state index contributed by atoms with van der Waals surface area (Å²) < 4.78 is 10.7. The van der Waals surface area contributed by atoms with E-state index in [1.54, 1.807) is 11.8 Å². The van der Waals surface area contributed by atoms with E-state index in [0.29, 0.717) is 25.5 Å². The van der Waals surface area contributed by atoms with Gasteiger partial charge in [0.05, 0.1) is 31.4 Å². The highest BCUT2D eigenvalue weighted by molar-refractivity contribution is 5.92. The first-order valence-electron chi connectivity index (χ1n) is 9.50. The van der Waals surface area contributed by atoms with Crippen LogP contribution in [0.4, 0.5) is 5.69 Å². The van der Waals surface area contributed by atoms with E-state index in [0.717, 1.165) is 28.1 Å². The van der Waals surface area contributed by atoms with E-state index in [4.69, 9.17) is 9.26 Å². The van der Waals surface area contributed by atoms with E-state index in [1.165, 1.54) is 0 Å². The van der Waals surface area contributed by atoms with Gasteiger partial charge in [-0.15, -0.1) is 0 Å². The highest BCUT2D eigenvalue weighted by Gasteiger charge is 2.30. The molecule has 1 aromatic carbocycles. The van der Waals surface area contributed by atoms with Gasteiger partial charge < -0.3 is 19.5 Å². The number of amides is 2. The normalized spacial score (nSPS) is 16.9. The van der Waals surface area contributed by atoms with E-state index in [-0.39, 0.29) is 30.7 Å². The standard InChI is InChI=1S/C21H27N3O4/c1-13-7-14(2)9-17(8-13)22-20(25)10-18-12-27-6-5-24(18)21(26)11-19-15(3)23-28-16(19)4/h7-9,18H,5-6,10-12H2,1-4H3,(H,22,25). The Balaban J connectivity index is 1.65. The van der Waals surface area contributed by atoms with Crippen LogP contribution in [0.5, 0.6) is 0 Å². The van der Waals surface area contributed by atoms with Crippen molar-refractivity contribution in [3.63, 3.8) is 0 Å². The molecular formula is C21H27N3O4. The SMILES string of the molecule is Cc1cc(C)cc(NC(=O)CC2COCCN2C(=O)Cc2c(C)noc2C)c1. The van der Waals surface area contributed by atoms with Crippen LogP contribution >= 0.6 is 0 Å². The lowest BCUT2D eigenvalue weighted by atomic mass is 10.1. The molecule has 150 valence electrons. The van der Waals surface area contributed by atoms with Gasteiger partial charge in [-0.2, -0.15) is 0 Å². The van der Waals surface area contributed by atoms with Crippen molar-refractivity contribution in [1.29, 1.82) is 0 Å². The number of carbonyl (C=O) groups is 2. The third-order valence-electron chi connectivity index (χ3n) is 4.98. The first-order valence-corrected chi connectivity index (χ1v) is 9.50. The van der Waals surface area contributed by atoms with Crippen LogP contribution in [0, 0.1) is 27.7 Å². The number of hydrogen-bond acceptors (Lipinski definition) is 5. The van der Waals surface area contributed by atoms with E-state index in [1.807, 2.05) is 32.9 Å². The number of ether oxygens (including phenoxy) is 1. The number of nitrogens with one attached hydrogen (secondary N) is 1. The van der Waals surface area contributed by atoms with Crippen molar-refractivity contribution < 1.29 is 18.8 Å². The van der Waals surface area contributed by atoms with Crippen molar-refractivity contribution in [2.75, 3.05) is 25.1 Å². The maximum Gasteiger partial charge on any atom is 0.227 e. The number of carbonyl (C=O) groups excluding carboxylic acids is 2. The summed E-state index contributed by atoms with van der Waals surface area (Å²) in [6.45, 7) is 8.92. The van der Waals surface area contributed by atoms with Gasteiger partial charge in [-0.1, -0.05) is 11.2 Å². The minimum atomic E-state index is -0.285. The molecule has 1 atom stereocenters. The molecule has 0 aliphatic carbocycles. The van der Waals surface area contributed by atoms with Gasteiger partial charge >= 0.3 is 0 Å². The van der Waals surface area contributed by atoms with Crippen LogP contribution in [-0.2, 0) is 20.7 Å². The van der Waals surface area contributed by atoms with Gasteiger partial charge in [0, 0.05) is 24.2 Å². The number of aryl methyl sites for hydroxylation is 4. The van der Waals surface area contributed by atoms with Crippen LogP contribution in [0.25, 0.3) is 0 Å². The van der Waals surface area contributed by atoms with Gasteiger partial charge in [-0.25, -0.2) is 0 Å². The molecule has 2 amide bonds. The van der Waals surface area contributed by atoms with E-state index in [2.05, 4.69) is 16.5 Å². The van der Waals surface area contributed by atoms with Crippen LogP contribution in [0.2, 0.25) is 0 Å². The molecule has 1 aromatic heterocycles. The maximum absolute atomic E-state index is 12.9. The summed E-state index contributed by atoms with van der Waals surface area (Å²) >= 11 is 0. The first kappa shape index (κ1) is 20.1. The molecule has 1 fully saturated rings. The number of morpholine rings is 1. The summed E-state index contributed by atoms with van der Waals surface area (Å²) in [4.78, 5) is 27.2. The van der Waals surface area contributed by atoms with Gasteiger partial charge in [0.1, 0.15) is 5.76 Å². The van der Waals surface area contributed by atoms with Gasteiger partial charge in [0.15, 0.2) is 0 Å². The highest BCUT2D eigenvalue weighted by Crippen LogP contribution is 2.19. The van der Waals surface area contributed by atoms with Crippen LogP contribution in [0.1, 0.15) is 34.6 Å². The molecule has 1 aliphatic heterocycles. The summed E-state index contributed by atoms with van der Waals surface area (Å²) in [5.41, 5.74) is 4.49. The van der Waals surface area contributed by atoms with Crippen molar-refractivity contribution in [3.05, 3.63) is 46.3 Å². The summed E-state index contributed by atoms with van der Waals surface area (Å²) in [5, 5.41) is 6.84. The molecule has 2 heterocycles. The maximum atomic E-state index is 12.9. The Bertz CT molecular complexity index is 835. The monoisotopic (exact) mass is 385 g/mol. The highest BCUT2D eigenvalue weighted by atomic mass is 16.5. The second kappa shape index (κ2) is 8.56. The fourth-order valence-corrected chi connectivity index (χ4v) is 3.63. The molecule has 2 aromatic rings. The number of hydrogen-bond donors (Lipinski definition) is 1. The van der Waals surface area contributed by atoms with Crippen LogP contribution in [0.3, 0.4) is 0 Å². The number of nitrogens with zero attached hydrogens (tertiary/aromatic N) is 2. The van der Waals surface area contributed by atoms with Crippen LogP contribution in [0.15, 0.2) is 22.7 Å². The van der Waals surface area contributed by atoms with Gasteiger partial charge in [-0.05, 0) is 51.0 Å². The zero-order valence-electron chi connectivity index (χ0n) is 16.9. The summed E-state index contributed by atoms with van der Waals surface area (Å²) in [6.07, 6.45) is 0.413. The average Bonchev–Trinajstić information content (AvgIpc) is 2.93. The molecule has 0 bridgehead atoms. The second-order valence-corrected chi connectivity index (χ2v) is 7.42. The molecule has 1 saturated heterocycles. The summed E-state index contributed by atoms with van der Waals surface area (Å²) in [5.74, 6) is 0.487. The minimum Gasteiger partial charge on any atom is -0.377 e. The van der Waals surface area contributed by atoms with Crippen LogP contribution < -0.4 is 5.32 Å². The van der Waals surface area contributed by atoms with Crippen molar-refractivity contribution in [1.82, 2.24) is 10.1 Å². The largest absolute Gasteiger partial charge is 0.377 e. The quantitative estimate of drug-likeness (QED) is 0.855. The molecule has 1 aliphatic rings. The minimum absolute atomic E-state index is 0.0399. The topological polar surface area (TPSA) is 84.7 Å². The fraction of sp³-hybridized carbons (Fsp3) is 0.476. The number of aromatic nitrogens is 1. The van der Waals surface area contributed by atoms with Crippen molar-refractivity contribution in [2.24, 2.45) is 0 Å². The average molecular weight is 385 g/mol. The summed E-state index contributed by atoms with van der Waals surface area (Å²) in [7, 11) is 0. The molecule has 0 radical (unpaired) electrons. The Morgan fingerprint density at radius 1 is 1.18 bits per heavy atom. The molecule has 7 heteroatoms. The second-order valence-electron chi connectivity index (χ2n) is 7.42. The Hall–Kier alpha value is -2.67. The van der Waals surface area contributed by atoms with Gasteiger partial charge in [0.2, 0.25) is 11.8 Å². The molecule has 1 unspecified atom stereocenters. The molecule has 0 spiro atoms. The fourth-order valence-electron chi connectivity index (χ4n) is 3.63. The van der Waals surface area contributed by atoms with Crippen molar-refractivity contribution in [3.8, 4) is 0 Å². The van der Waals surface area contributed by atoms with E-state index >= 15 is 0 Å². The smallest absolute Gasteiger partial charge is 0.227 e. The third-order valence-corrected chi connectivity index (χ3v) is 4.98. The summed E-state index contributed by atoms with van der Waals surface area (Å²) in [6, 6.07) is 5.64. The van der Waals surface area contributed by atoms with E-state index in [9.17, 15) is 9.59 Å². The van der Waals surface area contributed by atoms with Gasteiger partial charge in [-0.3, -0.25) is 9.59 Å². The molecular weight excluding hydrogens is 358 g/mol. The Kier molecular flexibility index (Phi) is 6.14. The predicted molar refractivity (Wildman–Crippen MR) is 105 cm³/mol. The Morgan fingerprint density at radius 3 is 2.54 bits per heavy atom. The van der Waals surface area contributed by atoms with Gasteiger partial charge in [0.25, 0.3) is 0 Å². The first-order chi connectivity index (χ1) is 13.3. The third kappa shape index (κ3) is 4.78. The molecule has 0 saturated carbocycles. The molecule has 28 heavy (non-hydrogen) atoms. The molecule has 3 rings (SSSR count). The zero-order valence-corrected chi connectivity index (χ0v) is 16.9. The zero-order chi connectivity index (χ0) is 20.3.